The highest BCUT2D eigenvalue weighted by atomic mass is 127. The summed E-state index contributed by atoms with van der Waals surface area (Å²) in [5.41, 5.74) is 1.19. The first-order valence-corrected chi connectivity index (χ1v) is 8.81. The van der Waals surface area contributed by atoms with E-state index in [9.17, 15) is 15.2 Å². The maximum Gasteiger partial charge on any atom is 0.266 e. The average molecular weight is 551 g/mol. The van der Waals surface area contributed by atoms with Crippen LogP contribution in [0, 0.1) is 18.5 Å². The highest BCUT2D eigenvalue weighted by Gasteiger charge is 2.11. The zero-order valence-corrected chi connectivity index (χ0v) is 16.5. The number of nitrogens with one attached hydrogen (secondary N) is 1. The molecule has 23 heavy (non-hydrogen) atoms. The summed E-state index contributed by atoms with van der Waals surface area (Å²) < 4.78 is 1.30. The molecule has 0 saturated carbocycles. The van der Waals surface area contributed by atoms with Gasteiger partial charge in [0.1, 0.15) is 17.4 Å². The van der Waals surface area contributed by atoms with E-state index in [0.29, 0.717) is 23.4 Å². The third kappa shape index (κ3) is 4.83. The van der Waals surface area contributed by atoms with Crippen molar-refractivity contribution in [1.29, 1.82) is 5.26 Å². The largest absolute Gasteiger partial charge is 0.506 e. The lowest BCUT2D eigenvalue weighted by atomic mass is 10.1. The summed E-state index contributed by atoms with van der Waals surface area (Å²) in [6.45, 7) is 0. The molecule has 0 bridgehead atoms. The first-order valence-electron chi connectivity index (χ1n) is 6.27. The summed E-state index contributed by atoms with van der Waals surface area (Å²) in [5.74, 6) is -0.319. The molecule has 1 amide bonds. The fourth-order valence-corrected chi connectivity index (χ4v) is 3.66. The summed E-state index contributed by atoms with van der Waals surface area (Å²) >= 11 is 9.78. The Hall–Kier alpha value is -1.31. The van der Waals surface area contributed by atoms with E-state index in [-0.39, 0.29) is 11.3 Å². The van der Waals surface area contributed by atoms with Gasteiger partial charge in [-0.2, -0.15) is 5.26 Å². The van der Waals surface area contributed by atoms with Crippen LogP contribution in [-0.2, 0) is 4.79 Å². The number of nitrogens with zero attached hydrogens (tertiary/aromatic N) is 1. The highest BCUT2D eigenvalue weighted by molar-refractivity contribution is 14.1. The van der Waals surface area contributed by atoms with Crippen LogP contribution in [0.1, 0.15) is 5.56 Å². The lowest BCUT2D eigenvalue weighted by Gasteiger charge is -2.05. The summed E-state index contributed by atoms with van der Waals surface area (Å²) in [7, 11) is 0. The number of carbonyl (C=O) groups excluding carboxylic acids is 1. The van der Waals surface area contributed by atoms with E-state index >= 15 is 0 Å². The Labute approximate surface area is 165 Å². The van der Waals surface area contributed by atoms with Crippen molar-refractivity contribution in [2.24, 2.45) is 0 Å². The van der Waals surface area contributed by atoms with Gasteiger partial charge in [0.05, 0.1) is 7.14 Å². The molecule has 4 nitrogen and oxygen atoms in total. The molecule has 0 aliphatic heterocycles. The molecule has 0 unspecified atom stereocenters. The molecule has 2 aromatic carbocycles. The van der Waals surface area contributed by atoms with E-state index in [1.54, 1.807) is 36.4 Å². The SMILES string of the molecule is N#C/C(=C/c1cc(I)c(O)c(I)c1)C(=O)Nc1ccc(Cl)cc1. The van der Waals surface area contributed by atoms with Gasteiger partial charge in [0, 0.05) is 10.7 Å². The smallest absolute Gasteiger partial charge is 0.266 e. The molecule has 7 heteroatoms. The zero-order valence-electron chi connectivity index (χ0n) is 11.5. The molecule has 2 rings (SSSR count). The Morgan fingerprint density at radius 3 is 2.30 bits per heavy atom. The molecule has 0 aromatic heterocycles. The van der Waals surface area contributed by atoms with Crippen molar-refractivity contribution < 1.29 is 9.90 Å². The number of phenolic OH excluding ortho intramolecular Hbond substituents is 1. The molecule has 0 heterocycles. The first kappa shape index (κ1) is 18.0. The van der Waals surface area contributed by atoms with Gasteiger partial charge < -0.3 is 10.4 Å². The number of anilines is 1. The van der Waals surface area contributed by atoms with E-state index in [2.05, 4.69) is 5.32 Å². The monoisotopic (exact) mass is 550 g/mol. The fourth-order valence-electron chi connectivity index (χ4n) is 1.72. The fraction of sp³-hybridized carbons (Fsp3) is 0. The molecule has 0 spiro atoms. The van der Waals surface area contributed by atoms with Crippen LogP contribution >= 0.6 is 56.8 Å². The Morgan fingerprint density at radius 2 is 1.78 bits per heavy atom. The van der Waals surface area contributed by atoms with Gasteiger partial charge in [-0.25, -0.2) is 0 Å². The number of nitriles is 1. The van der Waals surface area contributed by atoms with Crippen LogP contribution in [0.15, 0.2) is 42.0 Å². The Balaban J connectivity index is 2.26. The number of hydrogen-bond acceptors (Lipinski definition) is 3. The minimum atomic E-state index is -0.507. The Morgan fingerprint density at radius 1 is 1.22 bits per heavy atom. The minimum absolute atomic E-state index is 0.0303. The number of aromatic hydroxyl groups is 1. The van der Waals surface area contributed by atoms with Crippen LogP contribution in [0.5, 0.6) is 5.75 Å². The van der Waals surface area contributed by atoms with Gasteiger partial charge in [-0.3, -0.25) is 4.79 Å². The summed E-state index contributed by atoms with van der Waals surface area (Å²) in [4.78, 5) is 12.2. The van der Waals surface area contributed by atoms with Gasteiger partial charge in [0.2, 0.25) is 0 Å². The second kappa shape index (κ2) is 7.99. The average Bonchev–Trinajstić information content (AvgIpc) is 2.52. The van der Waals surface area contributed by atoms with Crippen LogP contribution in [0.3, 0.4) is 0 Å². The molecular weight excluding hydrogens is 541 g/mol. The van der Waals surface area contributed by atoms with Gasteiger partial charge >= 0.3 is 0 Å². The van der Waals surface area contributed by atoms with Crippen molar-refractivity contribution in [3.63, 3.8) is 0 Å². The number of rotatable bonds is 3. The standard InChI is InChI=1S/C16H9ClI2N2O2/c17-11-1-3-12(4-2-11)21-16(23)10(8-20)5-9-6-13(18)15(22)14(19)7-9/h1-7,22H,(H,21,23)/b10-5-. The number of halogens is 3. The topological polar surface area (TPSA) is 73.1 Å². The molecule has 116 valence electrons. The van der Waals surface area contributed by atoms with E-state index in [1.165, 1.54) is 6.08 Å². The first-order chi connectivity index (χ1) is 10.9. The number of phenols is 1. The quantitative estimate of drug-likeness (QED) is 0.328. The van der Waals surface area contributed by atoms with Crippen LogP contribution < -0.4 is 5.32 Å². The second-order valence-electron chi connectivity index (χ2n) is 4.46. The van der Waals surface area contributed by atoms with E-state index in [0.717, 1.165) is 0 Å². The van der Waals surface area contributed by atoms with Crippen molar-refractivity contribution >= 4 is 74.5 Å². The molecule has 0 atom stereocenters. The normalized spacial score (nSPS) is 11.0. The van der Waals surface area contributed by atoms with E-state index in [1.807, 2.05) is 51.3 Å². The maximum absolute atomic E-state index is 12.2. The molecule has 2 N–H and O–H groups in total. The summed E-state index contributed by atoms with van der Waals surface area (Å²) in [6.07, 6.45) is 1.48. The second-order valence-corrected chi connectivity index (χ2v) is 7.22. The van der Waals surface area contributed by atoms with Crippen molar-refractivity contribution in [1.82, 2.24) is 0 Å². The Bertz CT molecular complexity index is 804. The van der Waals surface area contributed by atoms with Gasteiger partial charge in [0.25, 0.3) is 5.91 Å². The Kier molecular flexibility index (Phi) is 6.26. The number of carbonyl (C=O) groups is 1. The molecule has 0 aliphatic rings. The predicted octanol–water partition coefficient (Wildman–Crippen LogP) is 4.80. The van der Waals surface area contributed by atoms with Crippen molar-refractivity contribution in [2.45, 2.75) is 0 Å². The van der Waals surface area contributed by atoms with Crippen molar-refractivity contribution in [2.75, 3.05) is 5.32 Å². The number of hydrogen-bond donors (Lipinski definition) is 2. The summed E-state index contributed by atoms with van der Waals surface area (Å²) in [5, 5.41) is 22.2. The van der Waals surface area contributed by atoms with E-state index in [4.69, 9.17) is 11.6 Å². The van der Waals surface area contributed by atoms with Crippen LogP contribution in [-0.4, -0.2) is 11.0 Å². The predicted molar refractivity (Wildman–Crippen MR) is 107 cm³/mol. The molecule has 2 aromatic rings. The minimum Gasteiger partial charge on any atom is -0.506 e. The number of amides is 1. The van der Waals surface area contributed by atoms with Crippen LogP contribution in [0.4, 0.5) is 5.69 Å². The molecular formula is C16H9ClI2N2O2. The van der Waals surface area contributed by atoms with Crippen LogP contribution in [0.2, 0.25) is 5.02 Å². The molecule has 0 fully saturated rings. The summed E-state index contributed by atoms with van der Waals surface area (Å²) in [6, 6.07) is 11.9. The van der Waals surface area contributed by atoms with E-state index < -0.39 is 5.91 Å². The van der Waals surface area contributed by atoms with Crippen LogP contribution in [0.25, 0.3) is 6.08 Å². The van der Waals surface area contributed by atoms with Crippen molar-refractivity contribution in [3.8, 4) is 11.8 Å². The maximum atomic E-state index is 12.2. The third-order valence-corrected chi connectivity index (χ3v) is 4.71. The van der Waals surface area contributed by atoms with Gasteiger partial charge in [-0.1, -0.05) is 11.6 Å². The van der Waals surface area contributed by atoms with Gasteiger partial charge in [0.15, 0.2) is 0 Å². The molecule has 0 radical (unpaired) electrons. The highest BCUT2D eigenvalue weighted by Crippen LogP contribution is 2.28. The van der Waals surface area contributed by atoms with Gasteiger partial charge in [-0.05, 0) is 93.2 Å². The number of benzene rings is 2. The molecule has 0 saturated heterocycles. The molecule has 0 aliphatic carbocycles. The third-order valence-electron chi connectivity index (χ3n) is 2.82. The lowest BCUT2D eigenvalue weighted by molar-refractivity contribution is -0.112. The zero-order chi connectivity index (χ0) is 17.0. The van der Waals surface area contributed by atoms with Crippen molar-refractivity contribution in [3.05, 3.63) is 59.7 Å². The lowest BCUT2D eigenvalue weighted by Crippen LogP contribution is -2.13. The van der Waals surface area contributed by atoms with Gasteiger partial charge in [-0.15, -0.1) is 0 Å².